The van der Waals surface area contributed by atoms with Gasteiger partial charge in [-0.05, 0) is 24.6 Å². The van der Waals surface area contributed by atoms with Gasteiger partial charge in [-0.2, -0.15) is 0 Å². The van der Waals surface area contributed by atoms with E-state index in [1.165, 1.54) is 12.3 Å². The van der Waals surface area contributed by atoms with Gasteiger partial charge in [0.05, 0.1) is 37.8 Å². The molecule has 0 saturated carbocycles. The minimum atomic E-state index is -1.12. The van der Waals surface area contributed by atoms with Gasteiger partial charge < -0.3 is 24.8 Å². The number of anilines is 2. The van der Waals surface area contributed by atoms with Crippen molar-refractivity contribution >= 4 is 23.4 Å². The van der Waals surface area contributed by atoms with Crippen LogP contribution >= 0.6 is 0 Å². The van der Waals surface area contributed by atoms with E-state index in [0.29, 0.717) is 43.4 Å². The van der Waals surface area contributed by atoms with Crippen molar-refractivity contribution in [1.82, 2.24) is 4.98 Å². The van der Waals surface area contributed by atoms with Gasteiger partial charge in [0.15, 0.2) is 0 Å². The summed E-state index contributed by atoms with van der Waals surface area (Å²) >= 11 is 0. The molecule has 0 radical (unpaired) electrons. The fourth-order valence-corrected chi connectivity index (χ4v) is 3.05. The second-order valence-electron chi connectivity index (χ2n) is 6.62. The predicted octanol–water partition coefficient (Wildman–Crippen LogP) is 2.19. The number of rotatable bonds is 6. The van der Waals surface area contributed by atoms with E-state index < -0.39 is 5.97 Å². The maximum atomic E-state index is 12.5. The molecule has 0 bridgehead atoms. The number of ether oxygens (including phenoxy) is 2. The van der Waals surface area contributed by atoms with E-state index in [0.717, 1.165) is 5.56 Å². The molecule has 8 heteroatoms. The average Bonchev–Trinajstić information content (AvgIpc) is 2.69. The molecule has 1 saturated heterocycles. The normalized spacial score (nSPS) is 16.4. The van der Waals surface area contributed by atoms with Crippen molar-refractivity contribution in [3.05, 3.63) is 53.2 Å². The lowest BCUT2D eigenvalue weighted by atomic mass is 10.1. The van der Waals surface area contributed by atoms with E-state index in [9.17, 15) is 14.7 Å². The molecule has 1 fully saturated rings. The van der Waals surface area contributed by atoms with Crippen LogP contribution in [0.5, 0.6) is 0 Å². The minimum absolute atomic E-state index is 0.00168. The first-order valence-electron chi connectivity index (χ1n) is 8.96. The summed E-state index contributed by atoms with van der Waals surface area (Å²) in [5.74, 6) is -1.14. The first-order valence-corrected chi connectivity index (χ1v) is 8.96. The molecule has 1 atom stereocenters. The largest absolute Gasteiger partial charge is 0.478 e. The number of nitrogens with one attached hydrogen (secondary N) is 1. The van der Waals surface area contributed by atoms with E-state index in [2.05, 4.69) is 10.3 Å². The Bertz CT molecular complexity index is 865. The lowest BCUT2D eigenvalue weighted by Gasteiger charge is -2.28. The summed E-state index contributed by atoms with van der Waals surface area (Å²) in [7, 11) is 1.75. The number of carbonyl (C=O) groups excluding carboxylic acids is 1. The Balaban J connectivity index is 1.78. The molecular formula is C20H23N3O5. The number of carboxylic acids is 1. The highest BCUT2D eigenvalue weighted by molar-refractivity contribution is 6.06. The second-order valence-corrected chi connectivity index (χ2v) is 6.62. The molecule has 2 N–H and O–H groups in total. The second kappa shape index (κ2) is 8.81. The number of aromatic carboxylic acids is 1. The van der Waals surface area contributed by atoms with Gasteiger partial charge in [0.2, 0.25) is 0 Å². The molecule has 0 unspecified atom stereocenters. The van der Waals surface area contributed by atoms with Crippen molar-refractivity contribution in [1.29, 1.82) is 0 Å². The highest BCUT2D eigenvalue weighted by atomic mass is 16.6. The number of pyridine rings is 1. The molecule has 1 amide bonds. The van der Waals surface area contributed by atoms with Crippen LogP contribution in [-0.2, 0) is 9.47 Å². The number of amides is 1. The van der Waals surface area contributed by atoms with Crippen molar-refractivity contribution in [2.75, 3.05) is 43.6 Å². The number of aryl methyl sites for hydroxylation is 1. The molecule has 1 aliphatic rings. The predicted molar refractivity (Wildman–Crippen MR) is 104 cm³/mol. The van der Waals surface area contributed by atoms with Gasteiger partial charge in [0, 0.05) is 19.2 Å². The Morgan fingerprint density at radius 1 is 1.29 bits per heavy atom. The van der Waals surface area contributed by atoms with Crippen LogP contribution in [0.4, 0.5) is 11.5 Å². The first kappa shape index (κ1) is 19.8. The third kappa shape index (κ3) is 4.65. The Morgan fingerprint density at radius 3 is 2.75 bits per heavy atom. The Morgan fingerprint density at radius 2 is 2.07 bits per heavy atom. The van der Waals surface area contributed by atoms with Crippen molar-refractivity contribution in [2.24, 2.45) is 0 Å². The Labute approximate surface area is 163 Å². The molecule has 148 valence electrons. The van der Waals surface area contributed by atoms with Crippen LogP contribution in [0.3, 0.4) is 0 Å². The zero-order chi connectivity index (χ0) is 20.1. The van der Waals surface area contributed by atoms with Crippen molar-refractivity contribution in [2.45, 2.75) is 13.0 Å². The molecule has 8 nitrogen and oxygen atoms in total. The number of hydrogen-bond acceptors (Lipinski definition) is 6. The average molecular weight is 385 g/mol. The van der Waals surface area contributed by atoms with Gasteiger partial charge in [-0.15, -0.1) is 0 Å². The quantitative estimate of drug-likeness (QED) is 0.786. The lowest BCUT2D eigenvalue weighted by Crippen LogP contribution is -2.39. The third-order valence-corrected chi connectivity index (χ3v) is 4.47. The molecule has 3 rings (SSSR count). The van der Waals surface area contributed by atoms with Gasteiger partial charge in [-0.25, -0.2) is 9.78 Å². The van der Waals surface area contributed by atoms with Crippen molar-refractivity contribution in [3.8, 4) is 0 Å². The number of hydrogen-bond donors (Lipinski definition) is 2. The number of nitrogens with zero attached hydrogens (tertiary/aromatic N) is 2. The molecule has 1 aromatic carbocycles. The number of carboxylic acid groups (broad SMARTS) is 1. The third-order valence-electron chi connectivity index (χ3n) is 4.47. The van der Waals surface area contributed by atoms with Gasteiger partial charge in [0.25, 0.3) is 5.91 Å². The van der Waals surface area contributed by atoms with Crippen LogP contribution in [-0.4, -0.2) is 61.5 Å². The van der Waals surface area contributed by atoms with Gasteiger partial charge in [-0.1, -0.05) is 18.2 Å². The van der Waals surface area contributed by atoms with E-state index in [1.54, 1.807) is 24.1 Å². The van der Waals surface area contributed by atoms with Gasteiger partial charge in [0.1, 0.15) is 11.4 Å². The lowest BCUT2D eigenvalue weighted by molar-refractivity contribution is -0.0837. The smallest absolute Gasteiger partial charge is 0.339 e. The van der Waals surface area contributed by atoms with E-state index in [-0.39, 0.29) is 17.6 Å². The summed E-state index contributed by atoms with van der Waals surface area (Å²) < 4.78 is 11.0. The summed E-state index contributed by atoms with van der Waals surface area (Å²) in [6.07, 6.45) is 1.30. The fourth-order valence-electron chi connectivity index (χ4n) is 3.05. The highest BCUT2D eigenvalue weighted by Crippen LogP contribution is 2.22. The molecule has 2 aromatic rings. The molecule has 28 heavy (non-hydrogen) atoms. The molecule has 2 heterocycles. The summed E-state index contributed by atoms with van der Waals surface area (Å²) in [6.45, 7) is 3.82. The fraction of sp³-hybridized carbons (Fsp3) is 0.350. The monoisotopic (exact) mass is 385 g/mol. The van der Waals surface area contributed by atoms with E-state index in [1.807, 2.05) is 19.1 Å². The minimum Gasteiger partial charge on any atom is -0.478 e. The number of benzene rings is 1. The van der Waals surface area contributed by atoms with E-state index in [4.69, 9.17) is 9.47 Å². The maximum absolute atomic E-state index is 12.5. The van der Waals surface area contributed by atoms with Crippen LogP contribution in [0.15, 0.2) is 36.5 Å². The molecular weight excluding hydrogens is 362 g/mol. The van der Waals surface area contributed by atoms with Gasteiger partial charge in [-0.3, -0.25) is 4.79 Å². The van der Waals surface area contributed by atoms with Crippen molar-refractivity contribution in [3.63, 3.8) is 0 Å². The number of aromatic nitrogens is 1. The molecule has 1 aliphatic heterocycles. The SMILES string of the molecule is Cc1ccccc1C(=O)Nc1cnc(N(C)C[C@H]2COCCO2)c(C(=O)O)c1. The van der Waals surface area contributed by atoms with Crippen LogP contribution in [0.2, 0.25) is 0 Å². The zero-order valence-corrected chi connectivity index (χ0v) is 15.8. The number of carbonyl (C=O) groups is 2. The Kier molecular flexibility index (Phi) is 6.23. The van der Waals surface area contributed by atoms with E-state index >= 15 is 0 Å². The topological polar surface area (TPSA) is 101 Å². The van der Waals surface area contributed by atoms with Crippen LogP contribution in [0.25, 0.3) is 0 Å². The maximum Gasteiger partial charge on any atom is 0.339 e. The molecule has 0 spiro atoms. The summed E-state index contributed by atoms with van der Waals surface area (Å²) in [5.41, 5.74) is 1.68. The molecule has 1 aromatic heterocycles. The van der Waals surface area contributed by atoms with Crippen molar-refractivity contribution < 1.29 is 24.2 Å². The standard InChI is InChI=1S/C20H23N3O5/c1-13-5-3-4-6-16(13)19(24)22-14-9-17(20(25)26)18(21-10-14)23(2)11-15-12-27-7-8-28-15/h3-6,9-10,15H,7-8,11-12H2,1-2H3,(H,22,24)(H,25,26)/t15-/m0/s1. The van der Waals surface area contributed by atoms with Crippen LogP contribution < -0.4 is 10.2 Å². The van der Waals surface area contributed by atoms with Gasteiger partial charge >= 0.3 is 5.97 Å². The Hall–Kier alpha value is -2.97. The zero-order valence-electron chi connectivity index (χ0n) is 15.8. The first-order chi connectivity index (χ1) is 13.5. The summed E-state index contributed by atoms with van der Waals surface area (Å²) in [4.78, 5) is 30.2. The summed E-state index contributed by atoms with van der Waals surface area (Å²) in [6, 6.07) is 8.59. The number of likely N-dealkylation sites (N-methyl/N-ethyl adjacent to an activating group) is 1. The van der Waals surface area contributed by atoms with Crippen LogP contribution in [0.1, 0.15) is 26.3 Å². The molecule has 0 aliphatic carbocycles. The van der Waals surface area contributed by atoms with Crippen LogP contribution in [0, 0.1) is 6.92 Å². The summed E-state index contributed by atoms with van der Waals surface area (Å²) in [5, 5.41) is 12.3. The highest BCUT2D eigenvalue weighted by Gasteiger charge is 2.22.